The van der Waals surface area contributed by atoms with Gasteiger partial charge >= 0.3 is 6.03 Å². The number of carbonyl (C=O) groups excluding carboxylic acids is 2. The molecule has 0 radical (unpaired) electrons. The number of hydrogen-bond donors (Lipinski definition) is 0. The first-order chi connectivity index (χ1) is 10.6. The lowest BCUT2D eigenvalue weighted by atomic mass is 10.2. The smallest absolute Gasteiger partial charge is 0.293 e. The van der Waals surface area contributed by atoms with E-state index >= 15 is 0 Å². The summed E-state index contributed by atoms with van der Waals surface area (Å²) >= 11 is 5.84. The summed E-state index contributed by atoms with van der Waals surface area (Å²) in [7, 11) is 0. The Bertz CT molecular complexity index is 733. The second-order valence-corrected chi connectivity index (χ2v) is 5.28. The molecule has 2 aromatic rings. The molecule has 6 heteroatoms. The van der Waals surface area contributed by atoms with Crippen LogP contribution >= 0.6 is 11.6 Å². The van der Waals surface area contributed by atoms with E-state index < -0.39 is 17.8 Å². The standard InChI is InChI=1S/C16H12ClFN2O2/c17-11-5-7-12(8-6-11)19-10-9-15(21)20(16(19)22)14-4-2-1-3-13(14)18/h1-8H,9-10H2. The fourth-order valence-electron chi connectivity index (χ4n) is 2.37. The molecule has 0 aromatic heterocycles. The van der Waals surface area contributed by atoms with E-state index in [1.165, 1.54) is 23.1 Å². The summed E-state index contributed by atoms with van der Waals surface area (Å²) in [6.07, 6.45) is 0.128. The molecule has 1 saturated heterocycles. The Morgan fingerprint density at radius 3 is 2.36 bits per heavy atom. The second-order valence-electron chi connectivity index (χ2n) is 4.84. The molecule has 22 heavy (non-hydrogen) atoms. The molecule has 2 aromatic carbocycles. The maximum absolute atomic E-state index is 13.9. The van der Waals surface area contributed by atoms with E-state index in [1.807, 2.05) is 0 Å². The summed E-state index contributed by atoms with van der Waals surface area (Å²) in [4.78, 5) is 27.0. The fourth-order valence-corrected chi connectivity index (χ4v) is 2.50. The molecule has 0 bridgehead atoms. The summed E-state index contributed by atoms with van der Waals surface area (Å²) in [5, 5.41) is 0.551. The number of urea groups is 1. The molecule has 0 spiro atoms. The molecule has 0 atom stereocenters. The number of anilines is 2. The number of imide groups is 1. The van der Waals surface area contributed by atoms with Gasteiger partial charge in [-0.15, -0.1) is 0 Å². The zero-order valence-corrected chi connectivity index (χ0v) is 12.3. The van der Waals surface area contributed by atoms with Gasteiger partial charge in [-0.3, -0.25) is 9.69 Å². The van der Waals surface area contributed by atoms with Crippen LogP contribution in [-0.2, 0) is 4.79 Å². The molecule has 1 aliphatic rings. The van der Waals surface area contributed by atoms with Crippen LogP contribution in [0.2, 0.25) is 5.02 Å². The molecule has 3 rings (SSSR count). The molecule has 4 nitrogen and oxygen atoms in total. The van der Waals surface area contributed by atoms with E-state index in [1.54, 1.807) is 30.3 Å². The van der Waals surface area contributed by atoms with E-state index in [9.17, 15) is 14.0 Å². The number of benzene rings is 2. The largest absolute Gasteiger partial charge is 0.335 e. The van der Waals surface area contributed by atoms with Crippen LogP contribution in [0.25, 0.3) is 0 Å². The van der Waals surface area contributed by atoms with Crippen LogP contribution in [0.1, 0.15) is 6.42 Å². The average molecular weight is 319 g/mol. The maximum Gasteiger partial charge on any atom is 0.335 e. The first kappa shape index (κ1) is 14.5. The van der Waals surface area contributed by atoms with Crippen molar-refractivity contribution in [2.75, 3.05) is 16.3 Å². The molecular formula is C16H12ClFN2O2. The highest BCUT2D eigenvalue weighted by atomic mass is 35.5. The van der Waals surface area contributed by atoms with Crippen molar-refractivity contribution < 1.29 is 14.0 Å². The number of rotatable bonds is 2. The van der Waals surface area contributed by atoms with E-state index in [-0.39, 0.29) is 18.7 Å². The van der Waals surface area contributed by atoms with Crippen LogP contribution in [-0.4, -0.2) is 18.5 Å². The van der Waals surface area contributed by atoms with Crippen LogP contribution < -0.4 is 9.80 Å². The Hall–Kier alpha value is -2.40. The molecule has 1 heterocycles. The van der Waals surface area contributed by atoms with Crippen molar-refractivity contribution >= 4 is 34.9 Å². The predicted molar refractivity (Wildman–Crippen MR) is 82.7 cm³/mol. The Morgan fingerprint density at radius 2 is 1.68 bits per heavy atom. The minimum Gasteiger partial charge on any atom is -0.293 e. The zero-order valence-electron chi connectivity index (χ0n) is 11.5. The van der Waals surface area contributed by atoms with Gasteiger partial charge in [-0.05, 0) is 36.4 Å². The monoisotopic (exact) mass is 318 g/mol. The highest BCUT2D eigenvalue weighted by Gasteiger charge is 2.35. The minimum absolute atomic E-state index is 0.0313. The summed E-state index contributed by atoms with van der Waals surface area (Å²) in [5.74, 6) is -1.03. The summed E-state index contributed by atoms with van der Waals surface area (Å²) in [6.45, 7) is 0.254. The summed E-state index contributed by atoms with van der Waals surface area (Å²) < 4.78 is 13.9. The van der Waals surface area contributed by atoms with Gasteiger partial charge in [-0.2, -0.15) is 0 Å². The van der Waals surface area contributed by atoms with E-state index in [0.29, 0.717) is 10.7 Å². The van der Waals surface area contributed by atoms with Gasteiger partial charge in [-0.1, -0.05) is 23.7 Å². The van der Waals surface area contributed by atoms with Gasteiger partial charge in [0, 0.05) is 23.7 Å². The SMILES string of the molecule is O=C1CCN(c2ccc(Cl)cc2)C(=O)N1c1ccccc1F. The van der Waals surface area contributed by atoms with Crippen molar-refractivity contribution in [3.63, 3.8) is 0 Å². The van der Waals surface area contributed by atoms with Gasteiger partial charge in [-0.25, -0.2) is 14.1 Å². The van der Waals surface area contributed by atoms with Gasteiger partial charge in [0.05, 0.1) is 5.69 Å². The summed E-state index contributed by atoms with van der Waals surface area (Å²) in [5.41, 5.74) is 0.583. The molecule has 0 unspecified atom stereocenters. The molecule has 3 amide bonds. The lowest BCUT2D eigenvalue weighted by molar-refractivity contribution is -0.118. The van der Waals surface area contributed by atoms with Gasteiger partial charge in [0.25, 0.3) is 0 Å². The van der Waals surface area contributed by atoms with Crippen LogP contribution in [0.3, 0.4) is 0 Å². The molecule has 112 valence electrons. The van der Waals surface area contributed by atoms with E-state index in [4.69, 9.17) is 11.6 Å². The van der Waals surface area contributed by atoms with Crippen LogP contribution in [0, 0.1) is 5.82 Å². The Kier molecular flexibility index (Phi) is 3.81. The average Bonchev–Trinajstić information content (AvgIpc) is 2.50. The third-order valence-corrected chi connectivity index (χ3v) is 3.70. The number of hydrogen-bond acceptors (Lipinski definition) is 2. The van der Waals surface area contributed by atoms with Gasteiger partial charge < -0.3 is 0 Å². The number of nitrogens with zero attached hydrogens (tertiary/aromatic N) is 2. The lowest BCUT2D eigenvalue weighted by Gasteiger charge is -2.34. The van der Waals surface area contributed by atoms with E-state index in [2.05, 4.69) is 0 Å². The quantitative estimate of drug-likeness (QED) is 0.844. The number of halogens is 2. The first-order valence-corrected chi connectivity index (χ1v) is 7.10. The Morgan fingerprint density at radius 1 is 1.00 bits per heavy atom. The van der Waals surface area contributed by atoms with Gasteiger partial charge in [0.2, 0.25) is 5.91 Å². The van der Waals surface area contributed by atoms with Crippen molar-refractivity contribution in [2.24, 2.45) is 0 Å². The highest BCUT2D eigenvalue weighted by Crippen LogP contribution is 2.27. The molecule has 1 aliphatic heterocycles. The third kappa shape index (κ3) is 2.55. The lowest BCUT2D eigenvalue weighted by Crippen LogP contribution is -2.53. The highest BCUT2D eigenvalue weighted by molar-refractivity contribution is 6.30. The Labute approximate surface area is 131 Å². The fraction of sp³-hybridized carbons (Fsp3) is 0.125. The minimum atomic E-state index is -0.609. The van der Waals surface area contributed by atoms with E-state index in [0.717, 1.165) is 4.90 Å². The van der Waals surface area contributed by atoms with Crippen LogP contribution in [0.4, 0.5) is 20.6 Å². The third-order valence-electron chi connectivity index (χ3n) is 3.45. The zero-order chi connectivity index (χ0) is 15.7. The topological polar surface area (TPSA) is 40.6 Å². The van der Waals surface area contributed by atoms with Gasteiger partial charge in [0.1, 0.15) is 5.82 Å². The Balaban J connectivity index is 1.97. The molecular weight excluding hydrogens is 307 g/mol. The first-order valence-electron chi connectivity index (χ1n) is 6.72. The van der Waals surface area contributed by atoms with Crippen molar-refractivity contribution in [3.8, 4) is 0 Å². The molecule has 1 fully saturated rings. The molecule has 0 N–H and O–H groups in total. The van der Waals surface area contributed by atoms with Crippen LogP contribution in [0.5, 0.6) is 0 Å². The van der Waals surface area contributed by atoms with Gasteiger partial charge in [0.15, 0.2) is 0 Å². The van der Waals surface area contributed by atoms with Crippen LogP contribution in [0.15, 0.2) is 48.5 Å². The molecule has 0 aliphatic carbocycles. The van der Waals surface area contributed by atoms with Crippen molar-refractivity contribution in [3.05, 3.63) is 59.4 Å². The summed E-state index contributed by atoms with van der Waals surface area (Å²) in [6, 6.07) is 11.9. The number of amides is 3. The number of carbonyl (C=O) groups is 2. The second kappa shape index (κ2) is 5.77. The predicted octanol–water partition coefficient (Wildman–Crippen LogP) is 3.84. The van der Waals surface area contributed by atoms with Crippen molar-refractivity contribution in [1.82, 2.24) is 0 Å². The maximum atomic E-state index is 13.9. The number of para-hydroxylation sites is 1. The van der Waals surface area contributed by atoms with Crippen molar-refractivity contribution in [2.45, 2.75) is 6.42 Å². The normalized spacial score (nSPS) is 15.4. The van der Waals surface area contributed by atoms with Crippen molar-refractivity contribution in [1.29, 1.82) is 0 Å². The molecule has 0 saturated carbocycles.